The highest BCUT2D eigenvalue weighted by Gasteiger charge is 2.13. The molecule has 2 aromatic carbocycles. The van der Waals surface area contributed by atoms with E-state index in [2.05, 4.69) is 5.32 Å². The zero-order chi connectivity index (χ0) is 15.1. The molecule has 4 heteroatoms. The second-order valence-electron chi connectivity index (χ2n) is 4.96. The Kier molecular flexibility index (Phi) is 5.35. The molecule has 2 rings (SSSR count). The van der Waals surface area contributed by atoms with E-state index in [1.165, 1.54) is 0 Å². The van der Waals surface area contributed by atoms with E-state index in [9.17, 15) is 9.90 Å². The van der Waals surface area contributed by atoms with Crippen molar-refractivity contribution in [1.29, 1.82) is 0 Å². The van der Waals surface area contributed by atoms with Crippen LogP contribution in [0.2, 0.25) is 0 Å². The third kappa shape index (κ3) is 4.61. The van der Waals surface area contributed by atoms with Crippen LogP contribution in [0.15, 0.2) is 54.6 Å². The highest BCUT2D eigenvalue weighted by atomic mass is 16.3. The van der Waals surface area contributed by atoms with Crippen LogP contribution in [0.25, 0.3) is 0 Å². The molecular formula is C17H20N2O2. The third-order valence-corrected chi connectivity index (χ3v) is 3.31. The summed E-state index contributed by atoms with van der Waals surface area (Å²) in [6.45, 7) is -0.117. The van der Waals surface area contributed by atoms with Crippen molar-refractivity contribution in [3.8, 4) is 0 Å². The quantitative estimate of drug-likeness (QED) is 0.711. The van der Waals surface area contributed by atoms with Crippen LogP contribution >= 0.6 is 0 Å². The maximum atomic E-state index is 12.0. The average molecular weight is 284 g/mol. The first-order valence-electron chi connectivity index (χ1n) is 6.98. The molecule has 0 saturated heterocycles. The van der Waals surface area contributed by atoms with Crippen molar-refractivity contribution in [2.24, 2.45) is 0 Å². The number of hydrogen-bond donors (Lipinski definition) is 3. The molecule has 1 atom stereocenters. The fourth-order valence-corrected chi connectivity index (χ4v) is 2.19. The number of anilines is 1. The van der Waals surface area contributed by atoms with Gasteiger partial charge in [-0.05, 0) is 29.7 Å². The molecule has 0 saturated carbocycles. The van der Waals surface area contributed by atoms with Crippen LogP contribution in [-0.2, 0) is 11.2 Å². The van der Waals surface area contributed by atoms with Crippen molar-refractivity contribution >= 4 is 11.6 Å². The Bertz CT molecular complexity index is 584. The van der Waals surface area contributed by atoms with Gasteiger partial charge in [0, 0.05) is 12.1 Å². The van der Waals surface area contributed by atoms with Crippen LogP contribution in [0.1, 0.15) is 23.6 Å². The predicted molar refractivity (Wildman–Crippen MR) is 83.6 cm³/mol. The normalized spacial score (nSPS) is 11.9. The van der Waals surface area contributed by atoms with Gasteiger partial charge in [-0.25, -0.2) is 0 Å². The van der Waals surface area contributed by atoms with Gasteiger partial charge < -0.3 is 16.2 Å². The van der Waals surface area contributed by atoms with Gasteiger partial charge in [0.05, 0.1) is 12.6 Å². The van der Waals surface area contributed by atoms with E-state index in [1.54, 1.807) is 0 Å². The second-order valence-corrected chi connectivity index (χ2v) is 4.96. The molecule has 1 amide bonds. The molecule has 2 aromatic rings. The summed E-state index contributed by atoms with van der Waals surface area (Å²) in [5.74, 6) is -0.0830. The summed E-state index contributed by atoms with van der Waals surface area (Å²) >= 11 is 0. The van der Waals surface area contributed by atoms with Gasteiger partial charge in [-0.15, -0.1) is 0 Å². The van der Waals surface area contributed by atoms with Gasteiger partial charge in [0.15, 0.2) is 0 Å². The number of aliphatic hydroxyl groups is 1. The number of nitrogens with one attached hydrogen (secondary N) is 1. The van der Waals surface area contributed by atoms with E-state index >= 15 is 0 Å². The first-order valence-corrected chi connectivity index (χ1v) is 6.98. The Morgan fingerprint density at radius 3 is 2.57 bits per heavy atom. The minimum absolute atomic E-state index is 0.0830. The lowest BCUT2D eigenvalue weighted by atomic mass is 10.1. The molecule has 21 heavy (non-hydrogen) atoms. The van der Waals surface area contributed by atoms with Crippen molar-refractivity contribution in [2.75, 3.05) is 12.3 Å². The Balaban J connectivity index is 1.89. The second kappa shape index (κ2) is 7.45. The van der Waals surface area contributed by atoms with Gasteiger partial charge in [-0.2, -0.15) is 0 Å². The summed E-state index contributed by atoms with van der Waals surface area (Å²) < 4.78 is 0. The first-order chi connectivity index (χ1) is 10.2. The minimum Gasteiger partial charge on any atom is -0.399 e. The molecule has 0 aliphatic carbocycles. The number of aryl methyl sites for hydroxylation is 1. The predicted octanol–water partition coefficient (Wildman–Crippen LogP) is 2.05. The number of amides is 1. The molecule has 0 aliphatic rings. The van der Waals surface area contributed by atoms with E-state index in [4.69, 9.17) is 5.73 Å². The van der Waals surface area contributed by atoms with Crippen molar-refractivity contribution in [3.63, 3.8) is 0 Å². The van der Waals surface area contributed by atoms with Crippen LogP contribution in [-0.4, -0.2) is 17.6 Å². The zero-order valence-electron chi connectivity index (χ0n) is 11.8. The largest absolute Gasteiger partial charge is 0.399 e. The van der Waals surface area contributed by atoms with E-state index in [0.717, 1.165) is 11.1 Å². The van der Waals surface area contributed by atoms with Crippen molar-refractivity contribution in [2.45, 2.75) is 18.9 Å². The maximum absolute atomic E-state index is 12.0. The molecule has 0 radical (unpaired) electrons. The molecule has 0 fully saturated rings. The lowest BCUT2D eigenvalue weighted by Crippen LogP contribution is -2.30. The number of benzene rings is 2. The number of rotatable bonds is 6. The molecule has 0 aromatic heterocycles. The van der Waals surface area contributed by atoms with Gasteiger partial charge in [-0.1, -0.05) is 42.5 Å². The molecule has 0 bridgehead atoms. The van der Waals surface area contributed by atoms with Gasteiger partial charge in [0.2, 0.25) is 5.91 Å². The number of nitrogen functional groups attached to an aromatic ring is 1. The molecule has 110 valence electrons. The van der Waals surface area contributed by atoms with Crippen molar-refractivity contribution in [3.05, 3.63) is 65.7 Å². The Morgan fingerprint density at radius 2 is 1.90 bits per heavy atom. The fraction of sp³-hybridized carbons (Fsp3) is 0.235. The van der Waals surface area contributed by atoms with Gasteiger partial charge in [0.25, 0.3) is 0 Å². The standard InChI is InChI=1S/C17H20N2O2/c18-15-8-4-5-13(11-15)9-10-17(21)19-16(12-20)14-6-2-1-3-7-14/h1-8,11,16,20H,9-10,12,18H2,(H,19,21)/t16-/m0/s1. The first kappa shape index (κ1) is 15.1. The van der Waals surface area contributed by atoms with Crippen LogP contribution in [0.3, 0.4) is 0 Å². The van der Waals surface area contributed by atoms with Crippen LogP contribution < -0.4 is 11.1 Å². The highest BCUT2D eigenvalue weighted by molar-refractivity contribution is 5.76. The molecule has 0 unspecified atom stereocenters. The lowest BCUT2D eigenvalue weighted by molar-refractivity contribution is -0.122. The third-order valence-electron chi connectivity index (χ3n) is 3.31. The number of carbonyl (C=O) groups is 1. The van der Waals surface area contributed by atoms with Gasteiger partial charge >= 0.3 is 0 Å². The Morgan fingerprint density at radius 1 is 1.14 bits per heavy atom. The van der Waals surface area contributed by atoms with E-state index in [-0.39, 0.29) is 18.6 Å². The summed E-state index contributed by atoms with van der Waals surface area (Å²) in [7, 11) is 0. The van der Waals surface area contributed by atoms with Gasteiger partial charge in [-0.3, -0.25) is 4.79 Å². The van der Waals surface area contributed by atoms with Crippen LogP contribution in [0.4, 0.5) is 5.69 Å². The number of carbonyl (C=O) groups excluding carboxylic acids is 1. The van der Waals surface area contributed by atoms with Crippen molar-refractivity contribution < 1.29 is 9.90 Å². The number of nitrogens with two attached hydrogens (primary N) is 1. The van der Waals surface area contributed by atoms with Crippen molar-refractivity contribution in [1.82, 2.24) is 5.32 Å². The topological polar surface area (TPSA) is 75.4 Å². The molecular weight excluding hydrogens is 264 g/mol. The lowest BCUT2D eigenvalue weighted by Gasteiger charge is -2.16. The molecule has 4 N–H and O–H groups in total. The van der Waals surface area contributed by atoms with Crippen LogP contribution in [0, 0.1) is 0 Å². The molecule has 0 heterocycles. The summed E-state index contributed by atoms with van der Waals surface area (Å²) in [5.41, 5.74) is 8.34. The van der Waals surface area contributed by atoms with Gasteiger partial charge in [0.1, 0.15) is 0 Å². The monoisotopic (exact) mass is 284 g/mol. The summed E-state index contributed by atoms with van der Waals surface area (Å²) in [5, 5.41) is 12.3. The summed E-state index contributed by atoms with van der Waals surface area (Å²) in [6.07, 6.45) is 0.997. The Labute approximate surface area is 124 Å². The number of hydrogen-bond acceptors (Lipinski definition) is 3. The average Bonchev–Trinajstić information content (AvgIpc) is 2.51. The maximum Gasteiger partial charge on any atom is 0.220 e. The minimum atomic E-state index is -0.362. The molecule has 0 aliphatic heterocycles. The van der Waals surface area contributed by atoms with E-state index in [1.807, 2.05) is 54.6 Å². The highest BCUT2D eigenvalue weighted by Crippen LogP contribution is 2.13. The summed E-state index contributed by atoms with van der Waals surface area (Å²) in [6, 6.07) is 16.6. The number of aliphatic hydroxyl groups excluding tert-OH is 1. The molecule has 4 nitrogen and oxygen atoms in total. The SMILES string of the molecule is Nc1cccc(CCC(=O)N[C@@H](CO)c2ccccc2)c1. The zero-order valence-corrected chi connectivity index (χ0v) is 11.8. The van der Waals surface area contributed by atoms with Crippen LogP contribution in [0.5, 0.6) is 0 Å². The Hall–Kier alpha value is -2.33. The molecule has 0 spiro atoms. The smallest absolute Gasteiger partial charge is 0.220 e. The fourth-order valence-electron chi connectivity index (χ4n) is 2.19. The summed E-state index contributed by atoms with van der Waals surface area (Å²) in [4.78, 5) is 12.0. The van der Waals surface area contributed by atoms with E-state index in [0.29, 0.717) is 18.5 Å². The van der Waals surface area contributed by atoms with E-state index < -0.39 is 0 Å².